The second kappa shape index (κ2) is 9.20. The van der Waals surface area contributed by atoms with Crippen LogP contribution in [0.15, 0.2) is 18.2 Å². The molecule has 116 valence electrons. The van der Waals surface area contributed by atoms with Gasteiger partial charge in [-0.2, -0.15) is 0 Å². The Bertz CT molecular complexity index is 494. The van der Waals surface area contributed by atoms with Gasteiger partial charge in [-0.15, -0.1) is 0 Å². The zero-order valence-corrected chi connectivity index (χ0v) is 12.8. The van der Waals surface area contributed by atoms with Gasteiger partial charge < -0.3 is 20.1 Å². The van der Waals surface area contributed by atoms with E-state index in [2.05, 4.69) is 10.6 Å². The van der Waals surface area contributed by atoms with Gasteiger partial charge >= 0.3 is 11.8 Å². The number of methoxy groups -OCH3 is 1. The molecule has 0 aromatic heterocycles. The van der Waals surface area contributed by atoms with Crippen molar-refractivity contribution in [3.05, 3.63) is 23.2 Å². The first-order chi connectivity index (χ1) is 10.1. The van der Waals surface area contributed by atoms with Crippen molar-refractivity contribution in [1.29, 1.82) is 0 Å². The topological polar surface area (TPSA) is 76.7 Å². The van der Waals surface area contributed by atoms with Gasteiger partial charge in [0.25, 0.3) is 0 Å². The summed E-state index contributed by atoms with van der Waals surface area (Å²) < 4.78 is 10.1. The first-order valence-electron chi connectivity index (χ1n) is 6.59. The molecule has 2 amide bonds. The summed E-state index contributed by atoms with van der Waals surface area (Å²) in [5.41, 5.74) is 0.426. The number of benzene rings is 1. The second-order valence-electron chi connectivity index (χ2n) is 4.11. The van der Waals surface area contributed by atoms with E-state index >= 15 is 0 Å². The Morgan fingerprint density at radius 3 is 2.67 bits per heavy atom. The van der Waals surface area contributed by atoms with Crippen LogP contribution in [0.2, 0.25) is 5.02 Å². The fourth-order valence-corrected chi connectivity index (χ4v) is 1.79. The molecule has 2 N–H and O–H groups in total. The van der Waals surface area contributed by atoms with Gasteiger partial charge in [-0.05, 0) is 31.5 Å². The summed E-state index contributed by atoms with van der Waals surface area (Å²) in [6.07, 6.45) is 0.654. The van der Waals surface area contributed by atoms with Crippen molar-refractivity contribution in [2.24, 2.45) is 0 Å². The van der Waals surface area contributed by atoms with E-state index < -0.39 is 11.8 Å². The van der Waals surface area contributed by atoms with Crippen molar-refractivity contribution in [2.45, 2.75) is 13.3 Å². The summed E-state index contributed by atoms with van der Waals surface area (Å²) in [4.78, 5) is 23.2. The number of amides is 2. The summed E-state index contributed by atoms with van der Waals surface area (Å²) in [7, 11) is 1.50. The highest BCUT2D eigenvalue weighted by Gasteiger charge is 2.13. The van der Waals surface area contributed by atoms with Gasteiger partial charge in [-0.25, -0.2) is 0 Å². The van der Waals surface area contributed by atoms with E-state index in [4.69, 9.17) is 21.1 Å². The van der Waals surface area contributed by atoms with E-state index in [0.717, 1.165) is 0 Å². The van der Waals surface area contributed by atoms with E-state index in [-0.39, 0.29) is 0 Å². The van der Waals surface area contributed by atoms with E-state index in [1.807, 2.05) is 6.92 Å². The van der Waals surface area contributed by atoms with Gasteiger partial charge in [-0.3, -0.25) is 9.59 Å². The van der Waals surface area contributed by atoms with Gasteiger partial charge in [0.15, 0.2) is 0 Å². The summed E-state index contributed by atoms with van der Waals surface area (Å²) >= 11 is 5.93. The third kappa shape index (κ3) is 6.01. The van der Waals surface area contributed by atoms with Gasteiger partial charge in [0, 0.05) is 25.4 Å². The average Bonchev–Trinajstić information content (AvgIpc) is 2.47. The van der Waals surface area contributed by atoms with Crippen LogP contribution in [0.4, 0.5) is 5.69 Å². The van der Waals surface area contributed by atoms with Crippen LogP contribution in [-0.2, 0) is 14.3 Å². The second-order valence-corrected chi connectivity index (χ2v) is 4.52. The molecular weight excluding hydrogens is 296 g/mol. The Morgan fingerprint density at radius 1 is 1.29 bits per heavy atom. The summed E-state index contributed by atoms with van der Waals surface area (Å²) in [5, 5.41) is 5.33. The molecule has 6 nitrogen and oxygen atoms in total. The molecule has 0 bridgehead atoms. The van der Waals surface area contributed by atoms with Crippen LogP contribution in [-0.4, -0.2) is 38.7 Å². The minimum Gasteiger partial charge on any atom is -0.495 e. The first-order valence-corrected chi connectivity index (χ1v) is 6.96. The van der Waals surface area contributed by atoms with Crippen LogP contribution in [0.3, 0.4) is 0 Å². The molecule has 0 aliphatic heterocycles. The zero-order chi connectivity index (χ0) is 15.7. The molecule has 0 saturated heterocycles. The molecule has 0 unspecified atom stereocenters. The van der Waals surface area contributed by atoms with Crippen molar-refractivity contribution in [1.82, 2.24) is 5.32 Å². The van der Waals surface area contributed by atoms with E-state index in [9.17, 15) is 9.59 Å². The number of hydrogen-bond acceptors (Lipinski definition) is 4. The maximum Gasteiger partial charge on any atom is 0.313 e. The molecule has 21 heavy (non-hydrogen) atoms. The number of anilines is 1. The van der Waals surface area contributed by atoms with Crippen LogP contribution in [0.25, 0.3) is 0 Å². The Kier molecular flexibility index (Phi) is 7.56. The van der Waals surface area contributed by atoms with Crippen molar-refractivity contribution < 1.29 is 19.1 Å². The summed E-state index contributed by atoms with van der Waals surface area (Å²) in [6.45, 7) is 3.46. The molecule has 0 fully saturated rings. The molecule has 0 atom stereocenters. The summed E-state index contributed by atoms with van der Waals surface area (Å²) in [5.74, 6) is -0.943. The number of ether oxygens (including phenoxy) is 2. The highest BCUT2D eigenvalue weighted by Crippen LogP contribution is 2.27. The SMILES string of the molecule is CCOCCCNC(=O)C(=O)Nc1ccc(OC)c(Cl)c1. The predicted octanol–water partition coefficient (Wildman–Crippen LogP) is 1.83. The lowest BCUT2D eigenvalue weighted by Crippen LogP contribution is -2.36. The van der Waals surface area contributed by atoms with E-state index in [1.165, 1.54) is 13.2 Å². The highest BCUT2D eigenvalue weighted by atomic mass is 35.5. The minimum absolute atomic E-state index is 0.354. The number of carbonyl (C=O) groups excluding carboxylic acids is 2. The molecule has 1 aromatic rings. The number of hydrogen-bond donors (Lipinski definition) is 2. The highest BCUT2D eigenvalue weighted by molar-refractivity contribution is 6.40. The Morgan fingerprint density at radius 2 is 2.05 bits per heavy atom. The smallest absolute Gasteiger partial charge is 0.313 e. The van der Waals surface area contributed by atoms with Crippen molar-refractivity contribution >= 4 is 29.1 Å². The van der Waals surface area contributed by atoms with Crippen LogP contribution < -0.4 is 15.4 Å². The molecular formula is C14H19ClN2O4. The van der Waals surface area contributed by atoms with Crippen LogP contribution >= 0.6 is 11.6 Å². The van der Waals surface area contributed by atoms with Gasteiger partial charge in [0.05, 0.1) is 12.1 Å². The molecule has 0 saturated carbocycles. The molecule has 1 aromatic carbocycles. The number of rotatable bonds is 7. The molecule has 0 radical (unpaired) electrons. The quantitative estimate of drug-likeness (QED) is 0.594. The lowest BCUT2D eigenvalue weighted by Gasteiger charge is -2.08. The minimum atomic E-state index is -0.743. The predicted molar refractivity (Wildman–Crippen MR) is 80.8 cm³/mol. The Labute approximate surface area is 128 Å². The monoisotopic (exact) mass is 314 g/mol. The molecule has 0 aliphatic carbocycles. The standard InChI is InChI=1S/C14H19ClN2O4/c1-3-21-8-4-7-16-13(18)14(19)17-10-5-6-12(20-2)11(15)9-10/h5-6,9H,3-4,7-8H2,1-2H3,(H,16,18)(H,17,19). The van der Waals surface area contributed by atoms with Crippen molar-refractivity contribution in [2.75, 3.05) is 32.2 Å². The average molecular weight is 315 g/mol. The molecule has 7 heteroatoms. The molecule has 0 spiro atoms. The molecule has 0 heterocycles. The summed E-state index contributed by atoms with van der Waals surface area (Å²) in [6, 6.07) is 4.73. The first kappa shape index (κ1) is 17.3. The van der Waals surface area contributed by atoms with Crippen LogP contribution in [0, 0.1) is 0 Å². The zero-order valence-electron chi connectivity index (χ0n) is 12.1. The maximum absolute atomic E-state index is 11.7. The normalized spacial score (nSPS) is 10.0. The van der Waals surface area contributed by atoms with Crippen LogP contribution in [0.5, 0.6) is 5.75 Å². The molecule has 0 aliphatic rings. The van der Waals surface area contributed by atoms with Gasteiger partial charge in [0.1, 0.15) is 5.75 Å². The fourth-order valence-electron chi connectivity index (χ4n) is 1.53. The van der Waals surface area contributed by atoms with E-state index in [0.29, 0.717) is 42.6 Å². The van der Waals surface area contributed by atoms with Gasteiger partial charge in [0.2, 0.25) is 0 Å². The van der Waals surface area contributed by atoms with Crippen LogP contribution in [0.1, 0.15) is 13.3 Å². The number of nitrogens with one attached hydrogen (secondary N) is 2. The fraction of sp³-hybridized carbons (Fsp3) is 0.429. The maximum atomic E-state index is 11.7. The van der Waals surface area contributed by atoms with Gasteiger partial charge in [-0.1, -0.05) is 11.6 Å². The lowest BCUT2D eigenvalue weighted by atomic mass is 10.3. The van der Waals surface area contributed by atoms with Crippen molar-refractivity contribution in [3.63, 3.8) is 0 Å². The largest absolute Gasteiger partial charge is 0.495 e. The third-order valence-electron chi connectivity index (χ3n) is 2.57. The van der Waals surface area contributed by atoms with E-state index in [1.54, 1.807) is 12.1 Å². The third-order valence-corrected chi connectivity index (χ3v) is 2.87. The number of halogens is 1. The Balaban J connectivity index is 2.41. The van der Waals surface area contributed by atoms with Crippen molar-refractivity contribution in [3.8, 4) is 5.75 Å². The lowest BCUT2D eigenvalue weighted by molar-refractivity contribution is -0.136. The number of carbonyl (C=O) groups is 2. The molecule has 1 rings (SSSR count). The Hall–Kier alpha value is -1.79.